The second kappa shape index (κ2) is 5.39. The maximum atomic E-state index is 4.43. The van der Waals surface area contributed by atoms with Crippen LogP contribution in [0.4, 0.5) is 0 Å². The molecule has 0 radical (unpaired) electrons. The number of hydrogen-bond donors (Lipinski definition) is 1. The molecule has 0 aromatic carbocycles. The summed E-state index contributed by atoms with van der Waals surface area (Å²) in [5, 5.41) is 12.3. The van der Waals surface area contributed by atoms with E-state index in [-0.39, 0.29) is 0 Å². The zero-order valence-corrected chi connectivity index (χ0v) is 11.4. The SMILES string of the molecule is CC(Cc1nnc2n1CCCC2)C1CCCNC1. The van der Waals surface area contributed by atoms with Crippen LogP contribution in [0.25, 0.3) is 0 Å². The molecule has 0 amide bonds. The van der Waals surface area contributed by atoms with Gasteiger partial charge in [-0.15, -0.1) is 10.2 Å². The Morgan fingerprint density at radius 3 is 3.11 bits per heavy atom. The van der Waals surface area contributed by atoms with Crippen LogP contribution in [-0.4, -0.2) is 27.9 Å². The van der Waals surface area contributed by atoms with E-state index >= 15 is 0 Å². The molecule has 2 atom stereocenters. The largest absolute Gasteiger partial charge is 0.316 e. The van der Waals surface area contributed by atoms with Crippen molar-refractivity contribution in [1.29, 1.82) is 0 Å². The Kier molecular flexibility index (Phi) is 3.64. The smallest absolute Gasteiger partial charge is 0.133 e. The first-order valence-electron chi connectivity index (χ1n) is 7.46. The highest BCUT2D eigenvalue weighted by atomic mass is 15.3. The standard InChI is InChI=1S/C14H24N4/c1-11(12-5-4-7-15-10-12)9-14-17-16-13-6-2-3-8-18(13)14/h11-12,15H,2-10H2,1H3. The van der Waals surface area contributed by atoms with Gasteiger partial charge >= 0.3 is 0 Å². The van der Waals surface area contributed by atoms with Crippen LogP contribution < -0.4 is 5.32 Å². The number of fused-ring (bicyclic) bond motifs is 1. The monoisotopic (exact) mass is 248 g/mol. The number of nitrogens with one attached hydrogen (secondary N) is 1. The Bertz CT molecular complexity index is 392. The molecule has 3 rings (SSSR count). The number of aryl methyl sites for hydroxylation is 1. The lowest BCUT2D eigenvalue weighted by Crippen LogP contribution is -2.34. The van der Waals surface area contributed by atoms with E-state index < -0.39 is 0 Å². The van der Waals surface area contributed by atoms with Gasteiger partial charge in [0, 0.05) is 19.4 Å². The van der Waals surface area contributed by atoms with E-state index in [0.29, 0.717) is 5.92 Å². The summed E-state index contributed by atoms with van der Waals surface area (Å²) in [4.78, 5) is 0. The molecule has 2 unspecified atom stereocenters. The zero-order valence-electron chi connectivity index (χ0n) is 11.4. The minimum Gasteiger partial charge on any atom is -0.316 e. The summed E-state index contributed by atoms with van der Waals surface area (Å²) in [7, 11) is 0. The van der Waals surface area contributed by atoms with Crippen LogP contribution in [-0.2, 0) is 19.4 Å². The van der Waals surface area contributed by atoms with Gasteiger partial charge in [-0.1, -0.05) is 6.92 Å². The van der Waals surface area contributed by atoms with Gasteiger partial charge in [0.25, 0.3) is 0 Å². The predicted molar refractivity (Wildman–Crippen MR) is 71.4 cm³/mol. The summed E-state index contributed by atoms with van der Waals surface area (Å²) in [6, 6.07) is 0. The van der Waals surface area contributed by atoms with E-state index in [1.807, 2.05) is 0 Å². The number of nitrogens with zero attached hydrogens (tertiary/aromatic N) is 3. The quantitative estimate of drug-likeness (QED) is 0.887. The average molecular weight is 248 g/mol. The van der Waals surface area contributed by atoms with Crippen LogP contribution in [0, 0.1) is 11.8 Å². The summed E-state index contributed by atoms with van der Waals surface area (Å²) >= 11 is 0. The van der Waals surface area contributed by atoms with Gasteiger partial charge in [-0.25, -0.2) is 0 Å². The van der Waals surface area contributed by atoms with E-state index in [0.717, 1.165) is 25.3 Å². The second-order valence-electron chi connectivity index (χ2n) is 5.93. The van der Waals surface area contributed by atoms with Crippen molar-refractivity contribution in [2.24, 2.45) is 11.8 Å². The molecule has 4 heteroatoms. The minimum absolute atomic E-state index is 0.716. The Morgan fingerprint density at radius 2 is 2.28 bits per heavy atom. The van der Waals surface area contributed by atoms with Crippen LogP contribution in [0.1, 0.15) is 44.3 Å². The summed E-state index contributed by atoms with van der Waals surface area (Å²) in [6.07, 6.45) is 7.48. The highest BCUT2D eigenvalue weighted by Crippen LogP contribution is 2.24. The summed E-state index contributed by atoms with van der Waals surface area (Å²) in [5.41, 5.74) is 0. The molecule has 100 valence electrons. The topological polar surface area (TPSA) is 42.7 Å². The van der Waals surface area contributed by atoms with E-state index in [4.69, 9.17) is 0 Å². The minimum atomic E-state index is 0.716. The third kappa shape index (κ3) is 2.44. The van der Waals surface area contributed by atoms with Crippen molar-refractivity contribution in [2.45, 2.75) is 52.0 Å². The van der Waals surface area contributed by atoms with Crippen molar-refractivity contribution in [3.63, 3.8) is 0 Å². The maximum Gasteiger partial charge on any atom is 0.133 e. The molecule has 0 aliphatic carbocycles. The van der Waals surface area contributed by atoms with Crippen molar-refractivity contribution in [1.82, 2.24) is 20.1 Å². The molecule has 2 aliphatic rings. The second-order valence-corrected chi connectivity index (χ2v) is 5.93. The lowest BCUT2D eigenvalue weighted by molar-refractivity contribution is 0.273. The van der Waals surface area contributed by atoms with Gasteiger partial charge in [0.15, 0.2) is 0 Å². The molecule has 0 bridgehead atoms. The maximum absolute atomic E-state index is 4.43. The van der Waals surface area contributed by atoms with Crippen LogP contribution in [0.3, 0.4) is 0 Å². The molecule has 1 N–H and O–H groups in total. The molecule has 1 saturated heterocycles. The zero-order chi connectivity index (χ0) is 12.4. The van der Waals surface area contributed by atoms with Gasteiger partial charge in [0.05, 0.1) is 0 Å². The first-order chi connectivity index (χ1) is 8.84. The Labute approximate surface area is 109 Å². The molecule has 2 aliphatic heterocycles. The van der Waals surface area contributed by atoms with Crippen LogP contribution in [0.2, 0.25) is 0 Å². The Morgan fingerprint density at radius 1 is 1.33 bits per heavy atom. The molecule has 1 fully saturated rings. The van der Waals surface area contributed by atoms with Gasteiger partial charge in [-0.2, -0.15) is 0 Å². The first-order valence-corrected chi connectivity index (χ1v) is 7.46. The molecule has 3 heterocycles. The molecule has 0 spiro atoms. The number of aromatic nitrogens is 3. The van der Waals surface area contributed by atoms with E-state index in [2.05, 4.69) is 27.0 Å². The normalized spacial score (nSPS) is 25.7. The Hall–Kier alpha value is -0.900. The Balaban J connectivity index is 1.66. The highest BCUT2D eigenvalue weighted by Gasteiger charge is 2.23. The van der Waals surface area contributed by atoms with Crippen LogP contribution in [0.15, 0.2) is 0 Å². The third-order valence-corrected chi connectivity index (χ3v) is 4.58. The van der Waals surface area contributed by atoms with Crippen molar-refractivity contribution < 1.29 is 0 Å². The highest BCUT2D eigenvalue weighted by molar-refractivity contribution is 5.00. The van der Waals surface area contributed by atoms with E-state index in [9.17, 15) is 0 Å². The van der Waals surface area contributed by atoms with Crippen LogP contribution in [0.5, 0.6) is 0 Å². The van der Waals surface area contributed by atoms with Crippen molar-refractivity contribution in [3.05, 3.63) is 11.6 Å². The van der Waals surface area contributed by atoms with Crippen molar-refractivity contribution >= 4 is 0 Å². The lowest BCUT2D eigenvalue weighted by Gasteiger charge is -2.28. The fourth-order valence-corrected chi connectivity index (χ4v) is 3.34. The average Bonchev–Trinajstić information content (AvgIpc) is 2.83. The van der Waals surface area contributed by atoms with E-state index in [1.165, 1.54) is 50.4 Å². The summed E-state index contributed by atoms with van der Waals surface area (Å²) in [5.74, 6) is 3.97. The third-order valence-electron chi connectivity index (χ3n) is 4.58. The van der Waals surface area contributed by atoms with Crippen molar-refractivity contribution in [3.8, 4) is 0 Å². The predicted octanol–water partition coefficient (Wildman–Crippen LogP) is 1.79. The molecular formula is C14H24N4. The molecule has 18 heavy (non-hydrogen) atoms. The lowest BCUT2D eigenvalue weighted by atomic mass is 9.85. The summed E-state index contributed by atoms with van der Waals surface area (Å²) in [6.45, 7) is 5.89. The van der Waals surface area contributed by atoms with Gasteiger partial charge in [-0.3, -0.25) is 0 Å². The fourth-order valence-electron chi connectivity index (χ4n) is 3.34. The fraction of sp³-hybridized carbons (Fsp3) is 0.857. The number of piperidine rings is 1. The van der Waals surface area contributed by atoms with Crippen LogP contribution >= 0.6 is 0 Å². The molecule has 1 aromatic heterocycles. The molecule has 0 saturated carbocycles. The molecule has 4 nitrogen and oxygen atoms in total. The van der Waals surface area contributed by atoms with Gasteiger partial charge < -0.3 is 9.88 Å². The number of rotatable bonds is 3. The first kappa shape index (κ1) is 12.2. The van der Waals surface area contributed by atoms with Gasteiger partial charge in [0.1, 0.15) is 11.6 Å². The van der Waals surface area contributed by atoms with Gasteiger partial charge in [0.2, 0.25) is 0 Å². The van der Waals surface area contributed by atoms with Gasteiger partial charge in [-0.05, 0) is 50.6 Å². The summed E-state index contributed by atoms with van der Waals surface area (Å²) < 4.78 is 2.37. The van der Waals surface area contributed by atoms with E-state index in [1.54, 1.807) is 0 Å². The molecular weight excluding hydrogens is 224 g/mol. The molecule has 1 aromatic rings. The number of hydrogen-bond acceptors (Lipinski definition) is 3. The van der Waals surface area contributed by atoms with Crippen molar-refractivity contribution in [2.75, 3.05) is 13.1 Å².